The van der Waals surface area contributed by atoms with E-state index in [2.05, 4.69) is 20.4 Å². The Hall–Kier alpha value is -4.21. The number of nitro benzene ring substituents is 1. The van der Waals surface area contributed by atoms with E-state index in [0.29, 0.717) is 5.69 Å². The summed E-state index contributed by atoms with van der Waals surface area (Å²) >= 11 is 0. The molecule has 0 atom stereocenters. The molecule has 1 fully saturated rings. The lowest BCUT2D eigenvalue weighted by molar-refractivity contribution is -0.385. The van der Waals surface area contributed by atoms with E-state index in [0.717, 1.165) is 30.2 Å². The number of rotatable bonds is 7. The van der Waals surface area contributed by atoms with Gasteiger partial charge in [0.1, 0.15) is 5.56 Å². The van der Waals surface area contributed by atoms with E-state index in [1.807, 2.05) is 24.3 Å². The van der Waals surface area contributed by atoms with Crippen molar-refractivity contribution in [1.29, 1.82) is 0 Å². The summed E-state index contributed by atoms with van der Waals surface area (Å²) in [5, 5.41) is 23.0. The van der Waals surface area contributed by atoms with Crippen molar-refractivity contribution < 1.29 is 19.2 Å². The van der Waals surface area contributed by atoms with E-state index in [1.165, 1.54) is 52.0 Å². The summed E-state index contributed by atoms with van der Waals surface area (Å²) in [6.07, 6.45) is 4.85. The van der Waals surface area contributed by atoms with Crippen LogP contribution in [0.2, 0.25) is 0 Å². The normalized spacial score (nSPS) is 13.6. The molecule has 0 aliphatic carbocycles. The summed E-state index contributed by atoms with van der Waals surface area (Å²) in [4.78, 5) is 26.0. The van der Waals surface area contributed by atoms with Crippen LogP contribution in [0.5, 0.6) is 11.5 Å². The SMILES string of the molecule is COc1cc(C(=O)Nc2ccc(-c3ccc(N4CCCCCC4)nn3)cc2)c([N+](=O)[O-])cc1OC. The van der Waals surface area contributed by atoms with Crippen LogP contribution in [0.15, 0.2) is 48.5 Å². The quantitative estimate of drug-likeness (QED) is 0.384. The number of nitrogens with zero attached hydrogens (tertiary/aromatic N) is 4. The highest BCUT2D eigenvalue weighted by molar-refractivity contribution is 6.07. The largest absolute Gasteiger partial charge is 0.493 e. The van der Waals surface area contributed by atoms with Gasteiger partial charge in [0, 0.05) is 30.4 Å². The van der Waals surface area contributed by atoms with Crippen LogP contribution in [0.3, 0.4) is 0 Å². The predicted molar refractivity (Wildman–Crippen MR) is 132 cm³/mol. The lowest BCUT2D eigenvalue weighted by Gasteiger charge is -2.20. The van der Waals surface area contributed by atoms with Crippen molar-refractivity contribution in [2.75, 3.05) is 37.5 Å². The van der Waals surface area contributed by atoms with Gasteiger partial charge in [-0.15, -0.1) is 10.2 Å². The summed E-state index contributed by atoms with van der Waals surface area (Å²) in [6, 6.07) is 13.4. The molecule has 2 aromatic carbocycles. The number of amides is 1. The Labute approximate surface area is 203 Å². The Morgan fingerprint density at radius 2 is 1.60 bits per heavy atom. The number of ether oxygens (including phenoxy) is 2. The number of hydrogen-bond donors (Lipinski definition) is 1. The molecule has 0 bridgehead atoms. The molecule has 0 spiro atoms. The van der Waals surface area contributed by atoms with Gasteiger partial charge in [-0.05, 0) is 37.1 Å². The zero-order valence-corrected chi connectivity index (χ0v) is 19.7. The Kier molecular flexibility index (Phi) is 7.39. The topological polar surface area (TPSA) is 120 Å². The third kappa shape index (κ3) is 5.48. The van der Waals surface area contributed by atoms with Gasteiger partial charge in [-0.25, -0.2) is 0 Å². The predicted octanol–water partition coefficient (Wildman–Crippen LogP) is 4.70. The van der Waals surface area contributed by atoms with Gasteiger partial charge >= 0.3 is 0 Å². The molecule has 35 heavy (non-hydrogen) atoms. The molecule has 0 unspecified atom stereocenters. The van der Waals surface area contributed by atoms with Gasteiger partial charge in [0.05, 0.1) is 30.9 Å². The van der Waals surface area contributed by atoms with Crippen molar-refractivity contribution in [3.8, 4) is 22.8 Å². The van der Waals surface area contributed by atoms with Crippen LogP contribution in [-0.4, -0.2) is 48.3 Å². The summed E-state index contributed by atoms with van der Waals surface area (Å²) < 4.78 is 10.3. The first-order chi connectivity index (χ1) is 17.0. The first-order valence-corrected chi connectivity index (χ1v) is 11.4. The van der Waals surface area contributed by atoms with Crippen LogP contribution in [0.4, 0.5) is 17.2 Å². The number of nitrogens with one attached hydrogen (secondary N) is 1. The molecule has 1 aliphatic rings. The number of benzene rings is 2. The van der Waals surface area contributed by atoms with E-state index in [1.54, 1.807) is 12.1 Å². The molecule has 0 radical (unpaired) electrons. The Bertz CT molecular complexity index is 1190. The number of hydrogen-bond acceptors (Lipinski definition) is 8. The smallest absolute Gasteiger partial charge is 0.286 e. The molecule has 1 amide bonds. The van der Waals surface area contributed by atoms with E-state index in [4.69, 9.17) is 9.47 Å². The summed E-state index contributed by atoms with van der Waals surface area (Å²) in [5.74, 6) is 0.645. The van der Waals surface area contributed by atoms with Crippen molar-refractivity contribution in [3.63, 3.8) is 0 Å². The maximum Gasteiger partial charge on any atom is 0.286 e. The molecule has 2 heterocycles. The fourth-order valence-corrected chi connectivity index (χ4v) is 4.07. The van der Waals surface area contributed by atoms with Gasteiger partial charge in [-0.3, -0.25) is 14.9 Å². The minimum absolute atomic E-state index is 0.133. The molecule has 1 aromatic heterocycles. The van der Waals surface area contributed by atoms with Crippen LogP contribution in [0.1, 0.15) is 36.0 Å². The van der Waals surface area contributed by atoms with Gasteiger partial charge in [0.15, 0.2) is 17.3 Å². The van der Waals surface area contributed by atoms with Gasteiger partial charge in [-0.1, -0.05) is 25.0 Å². The minimum atomic E-state index is -0.632. The van der Waals surface area contributed by atoms with Crippen molar-refractivity contribution in [2.24, 2.45) is 0 Å². The van der Waals surface area contributed by atoms with Crippen LogP contribution < -0.4 is 19.7 Å². The van der Waals surface area contributed by atoms with Gasteiger partial charge in [0.2, 0.25) is 0 Å². The van der Waals surface area contributed by atoms with Gasteiger partial charge in [0.25, 0.3) is 11.6 Å². The Morgan fingerprint density at radius 1 is 0.943 bits per heavy atom. The summed E-state index contributed by atoms with van der Waals surface area (Å²) in [6.45, 7) is 2.00. The van der Waals surface area contributed by atoms with E-state index in [-0.39, 0.29) is 22.7 Å². The number of nitro groups is 1. The van der Waals surface area contributed by atoms with Crippen LogP contribution in [0, 0.1) is 10.1 Å². The highest BCUT2D eigenvalue weighted by Gasteiger charge is 2.24. The number of anilines is 2. The zero-order chi connectivity index (χ0) is 24.8. The summed E-state index contributed by atoms with van der Waals surface area (Å²) in [5.41, 5.74) is 1.53. The average molecular weight is 478 g/mol. The average Bonchev–Trinajstić information content (AvgIpc) is 3.18. The van der Waals surface area contributed by atoms with Crippen LogP contribution >= 0.6 is 0 Å². The minimum Gasteiger partial charge on any atom is -0.493 e. The molecule has 1 saturated heterocycles. The van der Waals surface area contributed by atoms with Gasteiger partial charge in [-0.2, -0.15) is 0 Å². The monoisotopic (exact) mass is 477 g/mol. The fraction of sp³-hybridized carbons (Fsp3) is 0.320. The second-order valence-electron chi connectivity index (χ2n) is 8.19. The van der Waals surface area contributed by atoms with E-state index < -0.39 is 10.8 Å². The molecule has 0 saturated carbocycles. The van der Waals surface area contributed by atoms with Crippen LogP contribution in [0.25, 0.3) is 11.3 Å². The van der Waals surface area contributed by atoms with Crippen molar-refractivity contribution in [2.45, 2.75) is 25.7 Å². The molecule has 1 N–H and O–H groups in total. The maximum absolute atomic E-state index is 12.8. The second-order valence-corrected chi connectivity index (χ2v) is 8.19. The number of methoxy groups -OCH3 is 2. The van der Waals surface area contributed by atoms with Crippen molar-refractivity contribution in [1.82, 2.24) is 10.2 Å². The standard InChI is InChI=1S/C25H27N5O5/c1-34-22-15-19(21(30(32)33)16-23(22)35-2)25(31)26-18-9-7-17(8-10-18)20-11-12-24(28-27-20)29-13-5-3-4-6-14-29/h7-12,15-16H,3-6,13-14H2,1-2H3,(H,26,31). The molecular weight excluding hydrogens is 450 g/mol. The third-order valence-corrected chi connectivity index (χ3v) is 5.96. The molecule has 4 rings (SSSR count). The third-order valence-electron chi connectivity index (χ3n) is 5.96. The molecular formula is C25H27N5O5. The Balaban J connectivity index is 1.49. The van der Waals surface area contributed by atoms with Gasteiger partial charge < -0.3 is 19.7 Å². The van der Waals surface area contributed by atoms with Crippen LogP contribution in [-0.2, 0) is 0 Å². The molecule has 1 aliphatic heterocycles. The molecule has 182 valence electrons. The molecule has 10 heteroatoms. The first kappa shape index (κ1) is 23.9. The number of aromatic nitrogens is 2. The van der Waals surface area contributed by atoms with E-state index in [9.17, 15) is 14.9 Å². The van der Waals surface area contributed by atoms with Crippen molar-refractivity contribution in [3.05, 3.63) is 64.2 Å². The number of carbonyl (C=O) groups is 1. The summed E-state index contributed by atoms with van der Waals surface area (Å²) in [7, 11) is 2.77. The second kappa shape index (κ2) is 10.8. The number of carbonyl (C=O) groups excluding carboxylic acids is 1. The lowest BCUT2D eigenvalue weighted by Crippen LogP contribution is -2.25. The highest BCUT2D eigenvalue weighted by Crippen LogP contribution is 2.35. The Morgan fingerprint density at radius 3 is 2.17 bits per heavy atom. The highest BCUT2D eigenvalue weighted by atomic mass is 16.6. The fourth-order valence-electron chi connectivity index (χ4n) is 4.07. The maximum atomic E-state index is 12.8. The zero-order valence-electron chi connectivity index (χ0n) is 19.7. The van der Waals surface area contributed by atoms with E-state index >= 15 is 0 Å². The first-order valence-electron chi connectivity index (χ1n) is 11.4. The van der Waals surface area contributed by atoms with Crippen molar-refractivity contribution >= 4 is 23.1 Å². The molecule has 10 nitrogen and oxygen atoms in total. The molecule has 3 aromatic rings. The lowest BCUT2D eigenvalue weighted by atomic mass is 10.1.